The second-order valence-corrected chi connectivity index (χ2v) is 13.5. The summed E-state index contributed by atoms with van der Waals surface area (Å²) in [5.41, 5.74) is 0.201. The van der Waals surface area contributed by atoms with E-state index in [-0.39, 0.29) is 34.5 Å². The average Bonchev–Trinajstić information content (AvgIpc) is 3.70. The molecule has 0 N–H and O–H groups in total. The van der Waals surface area contributed by atoms with Crippen LogP contribution in [0.4, 0.5) is 19.8 Å². The Bertz CT molecular complexity index is 1560. The van der Waals surface area contributed by atoms with E-state index < -0.39 is 66.7 Å². The number of imidazole rings is 1. The first-order valence-electron chi connectivity index (χ1n) is 14.7. The molecule has 1 aliphatic rings. The summed E-state index contributed by atoms with van der Waals surface area (Å²) in [5, 5.41) is 1.35. The number of esters is 1. The molecule has 258 valence electrons. The zero-order valence-electron chi connectivity index (χ0n) is 27.3. The molecule has 5 atom stereocenters. The van der Waals surface area contributed by atoms with Crippen LogP contribution in [0.25, 0.3) is 11.2 Å². The molecule has 0 saturated carbocycles. The van der Waals surface area contributed by atoms with Crippen molar-refractivity contribution in [2.45, 2.75) is 96.8 Å². The van der Waals surface area contributed by atoms with Crippen LogP contribution in [0.5, 0.6) is 0 Å². The maximum absolute atomic E-state index is 16.4. The number of carbonyl (C=O) groups excluding carboxylic acids is 3. The van der Waals surface area contributed by atoms with E-state index in [1.807, 2.05) is 6.92 Å². The third-order valence-corrected chi connectivity index (χ3v) is 7.19. The van der Waals surface area contributed by atoms with E-state index in [0.717, 1.165) is 0 Å². The number of aromatic nitrogens is 5. The number of thiazole rings is 1. The SMILES string of the molecule is CCCN(C(=O)OC(C)(C)C)c1nc(Cl)nc2c1ncn2[C@@H]1O[C@H](COC(C(=O)OC)c2cscn2)[C@@H](OC(=O)OC(C)(C)C)[C@@H]1F. The number of hydrogen-bond acceptors (Lipinski definition) is 14. The molecule has 1 aliphatic heterocycles. The predicted molar refractivity (Wildman–Crippen MR) is 167 cm³/mol. The molecular formula is C29H38ClFN6O9S. The van der Waals surface area contributed by atoms with Crippen LogP contribution in [-0.4, -0.2) is 92.6 Å². The van der Waals surface area contributed by atoms with Crippen molar-refractivity contribution in [3.8, 4) is 0 Å². The Kier molecular flexibility index (Phi) is 11.3. The lowest BCUT2D eigenvalue weighted by atomic mass is 10.1. The van der Waals surface area contributed by atoms with Gasteiger partial charge in [-0.2, -0.15) is 9.97 Å². The van der Waals surface area contributed by atoms with E-state index >= 15 is 4.39 Å². The maximum atomic E-state index is 16.4. The number of amides is 1. The molecule has 0 spiro atoms. The van der Waals surface area contributed by atoms with Crippen LogP contribution in [0, 0.1) is 0 Å². The molecule has 0 radical (unpaired) electrons. The Hall–Kier alpha value is -3.67. The maximum Gasteiger partial charge on any atom is 0.509 e. The standard InChI is InChI=1S/C29H38ClFN6O9S/c1-9-10-36(26(39)45-28(2,3)4)21-18-22(35-25(30)34-21)37(13-32-18)23-17(31)20(44-27(40)46-29(5,6)7)16(43-23)11-42-19(24(38)41-8)15-12-47-14-33-15/h12-14,16-17,19-20,23H,9-11H2,1-8H3/t16-,17+,19?,20-,23-/m1/s1. The molecule has 1 amide bonds. The Labute approximate surface area is 279 Å². The molecule has 18 heteroatoms. The van der Waals surface area contributed by atoms with E-state index in [0.29, 0.717) is 6.42 Å². The minimum Gasteiger partial charge on any atom is -0.467 e. The van der Waals surface area contributed by atoms with Gasteiger partial charge in [-0.25, -0.2) is 28.7 Å². The van der Waals surface area contributed by atoms with Crippen molar-refractivity contribution < 1.29 is 47.2 Å². The summed E-state index contributed by atoms with van der Waals surface area (Å²) in [6.45, 7) is 11.7. The van der Waals surface area contributed by atoms with Crippen molar-refractivity contribution in [1.29, 1.82) is 0 Å². The number of fused-ring (bicyclic) bond motifs is 1. The van der Waals surface area contributed by atoms with E-state index in [2.05, 4.69) is 19.9 Å². The molecule has 3 aromatic rings. The summed E-state index contributed by atoms with van der Waals surface area (Å²) in [4.78, 5) is 56.6. The van der Waals surface area contributed by atoms with Gasteiger partial charge in [-0.1, -0.05) is 6.92 Å². The molecule has 47 heavy (non-hydrogen) atoms. The highest BCUT2D eigenvalue weighted by molar-refractivity contribution is 7.07. The first-order valence-corrected chi connectivity index (χ1v) is 16.0. The molecule has 1 unspecified atom stereocenters. The van der Waals surface area contributed by atoms with Crippen molar-refractivity contribution in [1.82, 2.24) is 24.5 Å². The van der Waals surface area contributed by atoms with Gasteiger partial charge in [0.15, 0.2) is 41.6 Å². The second-order valence-electron chi connectivity index (χ2n) is 12.5. The van der Waals surface area contributed by atoms with Crippen LogP contribution in [0.3, 0.4) is 0 Å². The monoisotopic (exact) mass is 700 g/mol. The fourth-order valence-electron chi connectivity index (χ4n) is 4.58. The first-order chi connectivity index (χ1) is 22.0. The molecular weight excluding hydrogens is 663 g/mol. The minimum absolute atomic E-state index is 0.0322. The van der Waals surface area contributed by atoms with Crippen LogP contribution in [0.15, 0.2) is 17.2 Å². The number of anilines is 1. The van der Waals surface area contributed by atoms with Crippen LogP contribution < -0.4 is 4.90 Å². The molecule has 3 aromatic heterocycles. The molecule has 1 fully saturated rings. The van der Waals surface area contributed by atoms with E-state index in [9.17, 15) is 14.4 Å². The Morgan fingerprint density at radius 1 is 1.13 bits per heavy atom. The first kappa shape index (κ1) is 36.2. The number of nitrogens with zero attached hydrogens (tertiary/aromatic N) is 6. The lowest BCUT2D eigenvalue weighted by molar-refractivity contribution is -0.160. The highest BCUT2D eigenvalue weighted by atomic mass is 35.5. The predicted octanol–water partition coefficient (Wildman–Crippen LogP) is 5.57. The Morgan fingerprint density at radius 3 is 2.43 bits per heavy atom. The van der Waals surface area contributed by atoms with Crippen molar-refractivity contribution in [2.75, 3.05) is 25.2 Å². The van der Waals surface area contributed by atoms with Gasteiger partial charge in [-0.3, -0.25) is 9.47 Å². The van der Waals surface area contributed by atoms with Crippen molar-refractivity contribution in [3.05, 3.63) is 28.2 Å². The van der Waals surface area contributed by atoms with Crippen molar-refractivity contribution in [2.24, 2.45) is 0 Å². The molecule has 0 aromatic carbocycles. The highest BCUT2D eigenvalue weighted by Crippen LogP contribution is 2.38. The topological polar surface area (TPSA) is 166 Å². The number of carbonyl (C=O) groups is 3. The number of ether oxygens (including phenoxy) is 6. The number of alkyl halides is 1. The fourth-order valence-corrected chi connectivity index (χ4v) is 5.30. The lowest BCUT2D eigenvalue weighted by Gasteiger charge is -2.26. The lowest BCUT2D eigenvalue weighted by Crippen LogP contribution is -2.39. The highest BCUT2D eigenvalue weighted by Gasteiger charge is 2.50. The summed E-state index contributed by atoms with van der Waals surface area (Å²) in [6, 6.07) is 0. The molecule has 4 rings (SSSR count). The van der Waals surface area contributed by atoms with E-state index in [1.165, 1.54) is 39.8 Å². The van der Waals surface area contributed by atoms with Gasteiger partial charge < -0.3 is 28.4 Å². The van der Waals surface area contributed by atoms with Gasteiger partial charge in [0.25, 0.3) is 0 Å². The smallest absolute Gasteiger partial charge is 0.467 e. The number of hydrogen-bond donors (Lipinski definition) is 0. The second kappa shape index (κ2) is 14.6. The quantitative estimate of drug-likeness (QED) is 0.146. The summed E-state index contributed by atoms with van der Waals surface area (Å²) in [7, 11) is 1.19. The van der Waals surface area contributed by atoms with Gasteiger partial charge in [0.1, 0.15) is 17.3 Å². The van der Waals surface area contributed by atoms with Gasteiger partial charge in [-0.05, 0) is 59.6 Å². The average molecular weight is 701 g/mol. The van der Waals surface area contributed by atoms with E-state index in [1.54, 1.807) is 46.9 Å². The van der Waals surface area contributed by atoms with Gasteiger partial charge in [0, 0.05) is 11.9 Å². The molecule has 0 aliphatic carbocycles. The van der Waals surface area contributed by atoms with Gasteiger partial charge in [-0.15, -0.1) is 11.3 Å². The summed E-state index contributed by atoms with van der Waals surface area (Å²) in [6.07, 6.45) is -7.59. The van der Waals surface area contributed by atoms with Crippen LogP contribution in [0.1, 0.15) is 72.9 Å². The van der Waals surface area contributed by atoms with Crippen LogP contribution in [0.2, 0.25) is 5.28 Å². The van der Waals surface area contributed by atoms with Crippen molar-refractivity contribution in [3.63, 3.8) is 0 Å². The van der Waals surface area contributed by atoms with Crippen LogP contribution in [-0.2, 0) is 33.2 Å². The fraction of sp³-hybridized carbons (Fsp3) is 0.621. The number of methoxy groups -OCH3 is 1. The van der Waals surface area contributed by atoms with Crippen molar-refractivity contribution >= 4 is 58.1 Å². The Balaban J connectivity index is 1.70. The largest absolute Gasteiger partial charge is 0.509 e. The number of halogens is 2. The molecule has 4 heterocycles. The summed E-state index contributed by atoms with van der Waals surface area (Å²) < 4.78 is 50.6. The molecule has 0 bridgehead atoms. The molecule has 15 nitrogen and oxygen atoms in total. The van der Waals surface area contributed by atoms with E-state index in [4.69, 9.17) is 40.0 Å². The summed E-state index contributed by atoms with van der Waals surface area (Å²) >= 11 is 7.55. The normalized spacial score (nSPS) is 20.6. The number of rotatable bonds is 10. The van der Waals surface area contributed by atoms with Gasteiger partial charge >= 0.3 is 18.2 Å². The third kappa shape index (κ3) is 8.82. The van der Waals surface area contributed by atoms with Gasteiger partial charge in [0.2, 0.25) is 5.28 Å². The zero-order chi connectivity index (χ0) is 34.7. The third-order valence-electron chi connectivity index (χ3n) is 6.42. The Morgan fingerprint density at radius 2 is 1.83 bits per heavy atom. The van der Waals surface area contributed by atoms with Gasteiger partial charge in [0.05, 0.1) is 31.2 Å². The zero-order valence-corrected chi connectivity index (χ0v) is 28.8. The van der Waals surface area contributed by atoms with Crippen LogP contribution >= 0.6 is 22.9 Å². The molecule has 1 saturated heterocycles. The minimum atomic E-state index is -2.01. The summed E-state index contributed by atoms with van der Waals surface area (Å²) in [5.74, 6) is -0.693.